The number of carbonyl (C=O) groups is 1. The lowest BCUT2D eigenvalue weighted by molar-refractivity contribution is 0.0955. The second-order valence-electron chi connectivity index (χ2n) is 6.37. The molecule has 28 heavy (non-hydrogen) atoms. The summed E-state index contributed by atoms with van der Waals surface area (Å²) in [7, 11) is 1.59. The first-order valence-electron chi connectivity index (χ1n) is 8.73. The number of amides is 1. The summed E-state index contributed by atoms with van der Waals surface area (Å²) in [4.78, 5) is 12.4. The van der Waals surface area contributed by atoms with Crippen molar-refractivity contribution in [3.8, 4) is 5.75 Å². The predicted molar refractivity (Wildman–Crippen MR) is 113 cm³/mol. The fourth-order valence-electron chi connectivity index (χ4n) is 2.85. The fraction of sp³-hybridized carbons (Fsp3) is 0.190. The minimum absolute atomic E-state index is 0.277. The Labute approximate surface area is 172 Å². The van der Waals surface area contributed by atoms with E-state index in [2.05, 4.69) is 31.6 Å². The van der Waals surface area contributed by atoms with Crippen molar-refractivity contribution in [2.45, 2.75) is 20.4 Å². The molecule has 0 aliphatic carbocycles. The summed E-state index contributed by atoms with van der Waals surface area (Å²) in [6.07, 6.45) is 1.56. The SMILES string of the molecule is COc1ccc(Br)cc1/C=N/NC(=O)c1cccc(Cn2nc(C)cc2C)c1. The second kappa shape index (κ2) is 8.84. The third kappa shape index (κ3) is 4.86. The molecule has 0 spiro atoms. The van der Waals surface area contributed by atoms with E-state index in [4.69, 9.17) is 4.74 Å². The first kappa shape index (κ1) is 19.8. The van der Waals surface area contributed by atoms with E-state index >= 15 is 0 Å². The molecule has 0 aliphatic heterocycles. The van der Waals surface area contributed by atoms with Crippen LogP contribution in [0.2, 0.25) is 0 Å². The third-order valence-electron chi connectivity index (χ3n) is 4.19. The van der Waals surface area contributed by atoms with Gasteiger partial charge in [-0.2, -0.15) is 10.2 Å². The average Bonchev–Trinajstić information content (AvgIpc) is 2.99. The molecule has 3 aromatic rings. The van der Waals surface area contributed by atoms with E-state index in [9.17, 15) is 4.79 Å². The Morgan fingerprint density at radius 1 is 1.25 bits per heavy atom. The van der Waals surface area contributed by atoms with Crippen molar-refractivity contribution < 1.29 is 9.53 Å². The van der Waals surface area contributed by atoms with E-state index in [1.54, 1.807) is 19.4 Å². The number of hydrogen-bond acceptors (Lipinski definition) is 4. The molecule has 0 bridgehead atoms. The zero-order chi connectivity index (χ0) is 20.1. The van der Waals surface area contributed by atoms with Gasteiger partial charge in [-0.25, -0.2) is 5.43 Å². The highest BCUT2D eigenvalue weighted by Crippen LogP contribution is 2.21. The maximum absolute atomic E-state index is 12.4. The Bertz CT molecular complexity index is 1030. The summed E-state index contributed by atoms with van der Waals surface area (Å²) < 4.78 is 8.11. The maximum atomic E-state index is 12.4. The van der Waals surface area contributed by atoms with Crippen molar-refractivity contribution in [2.24, 2.45) is 5.10 Å². The summed E-state index contributed by atoms with van der Waals surface area (Å²) in [5.74, 6) is 0.397. The van der Waals surface area contributed by atoms with Crippen LogP contribution in [-0.4, -0.2) is 29.0 Å². The maximum Gasteiger partial charge on any atom is 0.271 e. The number of nitrogens with one attached hydrogen (secondary N) is 1. The zero-order valence-electron chi connectivity index (χ0n) is 15.9. The van der Waals surface area contributed by atoms with E-state index in [0.29, 0.717) is 17.9 Å². The van der Waals surface area contributed by atoms with Crippen LogP contribution < -0.4 is 10.2 Å². The van der Waals surface area contributed by atoms with Crippen LogP contribution in [0.15, 0.2) is 58.1 Å². The summed E-state index contributed by atoms with van der Waals surface area (Å²) in [6.45, 7) is 4.59. The highest BCUT2D eigenvalue weighted by molar-refractivity contribution is 9.10. The normalized spacial score (nSPS) is 11.0. The van der Waals surface area contributed by atoms with Crippen LogP contribution in [0.4, 0.5) is 0 Å². The third-order valence-corrected chi connectivity index (χ3v) is 4.68. The molecule has 2 aromatic carbocycles. The monoisotopic (exact) mass is 440 g/mol. The first-order valence-corrected chi connectivity index (χ1v) is 9.52. The molecule has 1 N–H and O–H groups in total. The van der Waals surface area contributed by atoms with Crippen LogP contribution in [0.5, 0.6) is 5.75 Å². The van der Waals surface area contributed by atoms with Gasteiger partial charge >= 0.3 is 0 Å². The zero-order valence-corrected chi connectivity index (χ0v) is 17.5. The number of nitrogens with zero attached hydrogens (tertiary/aromatic N) is 3. The standard InChI is InChI=1S/C21H21BrN4O2/c1-14-9-15(2)26(25-14)13-16-5-4-6-17(10-16)21(27)24-23-12-18-11-19(22)7-8-20(18)28-3/h4-12H,13H2,1-3H3,(H,24,27)/b23-12+. The van der Waals surface area contributed by atoms with Crippen LogP contribution in [0, 0.1) is 13.8 Å². The smallest absolute Gasteiger partial charge is 0.271 e. The van der Waals surface area contributed by atoms with Gasteiger partial charge in [-0.1, -0.05) is 28.1 Å². The van der Waals surface area contributed by atoms with Crippen molar-refractivity contribution in [3.05, 3.63) is 81.1 Å². The van der Waals surface area contributed by atoms with Gasteiger partial charge in [-0.15, -0.1) is 0 Å². The van der Waals surface area contributed by atoms with Gasteiger partial charge in [-0.3, -0.25) is 9.48 Å². The highest BCUT2D eigenvalue weighted by Gasteiger charge is 2.08. The molecule has 3 rings (SSSR count). The topological polar surface area (TPSA) is 68.5 Å². The number of aryl methyl sites for hydroxylation is 2. The number of rotatable bonds is 6. The van der Waals surface area contributed by atoms with Crippen molar-refractivity contribution in [3.63, 3.8) is 0 Å². The van der Waals surface area contributed by atoms with Crippen molar-refractivity contribution in [1.82, 2.24) is 15.2 Å². The molecule has 0 radical (unpaired) electrons. The van der Waals surface area contributed by atoms with Gasteiger partial charge in [0.2, 0.25) is 0 Å². The summed E-state index contributed by atoms with van der Waals surface area (Å²) >= 11 is 3.41. The number of halogens is 1. The van der Waals surface area contributed by atoms with E-state index in [1.165, 1.54) is 0 Å². The van der Waals surface area contributed by atoms with E-state index in [0.717, 1.165) is 27.0 Å². The van der Waals surface area contributed by atoms with Gasteiger partial charge < -0.3 is 4.74 Å². The van der Waals surface area contributed by atoms with Crippen molar-refractivity contribution >= 4 is 28.1 Å². The minimum atomic E-state index is -0.277. The fourth-order valence-corrected chi connectivity index (χ4v) is 3.23. The Morgan fingerprint density at radius 2 is 2.07 bits per heavy atom. The summed E-state index contributed by atoms with van der Waals surface area (Å²) in [6, 6.07) is 15.0. The van der Waals surface area contributed by atoms with E-state index < -0.39 is 0 Å². The molecule has 1 heterocycles. The molecular formula is C21H21BrN4O2. The molecule has 1 aromatic heterocycles. The Kier molecular flexibility index (Phi) is 6.26. The van der Waals surface area contributed by atoms with Crippen molar-refractivity contribution in [1.29, 1.82) is 0 Å². The molecule has 6 nitrogen and oxygen atoms in total. The Hall–Kier alpha value is -2.93. The molecule has 1 amide bonds. The van der Waals surface area contributed by atoms with Crippen molar-refractivity contribution in [2.75, 3.05) is 7.11 Å². The highest BCUT2D eigenvalue weighted by atomic mass is 79.9. The summed E-state index contributed by atoms with van der Waals surface area (Å²) in [5, 5.41) is 8.52. The van der Waals surface area contributed by atoms with Crippen LogP contribution in [-0.2, 0) is 6.54 Å². The number of hydrazone groups is 1. The number of carbonyl (C=O) groups excluding carboxylic acids is 1. The number of aromatic nitrogens is 2. The van der Waals surface area contributed by atoms with Crippen LogP contribution >= 0.6 is 15.9 Å². The number of benzene rings is 2. The van der Waals surface area contributed by atoms with E-state index in [1.807, 2.05) is 61.0 Å². The largest absolute Gasteiger partial charge is 0.496 e. The predicted octanol–water partition coefficient (Wildman–Crippen LogP) is 4.08. The molecule has 0 aliphatic rings. The minimum Gasteiger partial charge on any atom is -0.496 e. The molecule has 0 unspecified atom stereocenters. The molecular weight excluding hydrogens is 420 g/mol. The Balaban J connectivity index is 1.69. The van der Waals surface area contributed by atoms with Crippen LogP contribution in [0.25, 0.3) is 0 Å². The van der Waals surface area contributed by atoms with Gasteiger partial charge in [0.05, 0.1) is 25.6 Å². The lowest BCUT2D eigenvalue weighted by Crippen LogP contribution is -2.18. The molecule has 144 valence electrons. The molecule has 0 fully saturated rings. The lowest BCUT2D eigenvalue weighted by atomic mass is 10.1. The van der Waals surface area contributed by atoms with Gasteiger partial charge in [0, 0.05) is 21.3 Å². The summed E-state index contributed by atoms with van der Waals surface area (Å²) in [5.41, 5.74) is 6.92. The van der Waals surface area contributed by atoms with Gasteiger partial charge in [0.15, 0.2) is 0 Å². The first-order chi connectivity index (χ1) is 13.5. The van der Waals surface area contributed by atoms with Gasteiger partial charge in [0.25, 0.3) is 5.91 Å². The van der Waals surface area contributed by atoms with E-state index in [-0.39, 0.29) is 5.91 Å². The van der Waals surface area contributed by atoms with Gasteiger partial charge in [0.1, 0.15) is 5.75 Å². The number of ether oxygens (including phenoxy) is 1. The van der Waals surface area contributed by atoms with Crippen LogP contribution in [0.1, 0.15) is 32.9 Å². The number of hydrogen-bond donors (Lipinski definition) is 1. The average molecular weight is 441 g/mol. The quantitative estimate of drug-likeness (QED) is 0.463. The lowest BCUT2D eigenvalue weighted by Gasteiger charge is -2.07. The van der Waals surface area contributed by atoms with Crippen LogP contribution in [0.3, 0.4) is 0 Å². The molecule has 0 saturated heterocycles. The molecule has 7 heteroatoms. The second-order valence-corrected chi connectivity index (χ2v) is 7.29. The Morgan fingerprint density at radius 3 is 2.79 bits per heavy atom. The number of methoxy groups -OCH3 is 1. The van der Waals surface area contributed by atoms with Gasteiger partial charge in [-0.05, 0) is 55.8 Å². The molecule has 0 saturated carbocycles. The molecule has 0 atom stereocenters.